The Balaban J connectivity index is 1.59. The number of carbonyl (C=O) groups is 2. The van der Waals surface area contributed by atoms with Crippen LogP contribution < -0.4 is 10.1 Å². The zero-order valence-corrected chi connectivity index (χ0v) is 21.3. The molecule has 6 heteroatoms. The molecular formula is C27H35BrN2O3. The summed E-state index contributed by atoms with van der Waals surface area (Å²) in [4.78, 5) is 27.9. The highest BCUT2D eigenvalue weighted by atomic mass is 79.9. The first-order valence-corrected chi connectivity index (χ1v) is 12.8. The molecule has 1 aliphatic carbocycles. The van der Waals surface area contributed by atoms with Crippen LogP contribution in [0.2, 0.25) is 0 Å². The number of nitrogens with zero attached hydrogens (tertiary/aromatic N) is 1. The van der Waals surface area contributed by atoms with Crippen LogP contribution in [0.4, 0.5) is 0 Å². The molecule has 0 heterocycles. The maximum absolute atomic E-state index is 13.2. The van der Waals surface area contributed by atoms with E-state index in [0.29, 0.717) is 26.0 Å². The van der Waals surface area contributed by atoms with Crippen LogP contribution in [0.3, 0.4) is 0 Å². The molecule has 178 valence electrons. The quantitative estimate of drug-likeness (QED) is 0.408. The third-order valence-corrected chi connectivity index (χ3v) is 6.74. The summed E-state index contributed by atoms with van der Waals surface area (Å²) >= 11 is 3.45. The number of hydrogen-bond acceptors (Lipinski definition) is 3. The van der Waals surface area contributed by atoms with E-state index in [1.54, 1.807) is 4.90 Å². The molecule has 1 saturated carbocycles. The number of nitrogens with one attached hydrogen (secondary N) is 1. The van der Waals surface area contributed by atoms with E-state index < -0.39 is 6.04 Å². The van der Waals surface area contributed by atoms with Crippen molar-refractivity contribution >= 4 is 27.7 Å². The van der Waals surface area contributed by atoms with Crippen LogP contribution in [0.25, 0.3) is 0 Å². The summed E-state index contributed by atoms with van der Waals surface area (Å²) in [6, 6.07) is 15.5. The van der Waals surface area contributed by atoms with Gasteiger partial charge in [-0.2, -0.15) is 0 Å². The van der Waals surface area contributed by atoms with Gasteiger partial charge in [-0.3, -0.25) is 9.59 Å². The molecule has 3 rings (SSSR count). The second-order valence-corrected chi connectivity index (χ2v) is 9.85. The Kier molecular flexibility index (Phi) is 9.79. The van der Waals surface area contributed by atoms with Crippen molar-refractivity contribution in [1.82, 2.24) is 10.2 Å². The van der Waals surface area contributed by atoms with Crippen molar-refractivity contribution in [3.05, 3.63) is 64.1 Å². The number of rotatable bonds is 10. The highest BCUT2D eigenvalue weighted by Crippen LogP contribution is 2.19. The topological polar surface area (TPSA) is 58.6 Å². The predicted octanol–water partition coefficient (Wildman–Crippen LogP) is 5.78. The van der Waals surface area contributed by atoms with E-state index in [0.717, 1.165) is 41.5 Å². The Labute approximate surface area is 206 Å². The average Bonchev–Trinajstić information content (AvgIpc) is 2.82. The van der Waals surface area contributed by atoms with Crippen LogP contribution in [0.5, 0.6) is 5.75 Å². The Hall–Kier alpha value is -2.34. The maximum atomic E-state index is 13.2. The molecule has 1 atom stereocenters. The van der Waals surface area contributed by atoms with Crippen LogP contribution in [0.1, 0.15) is 63.0 Å². The lowest BCUT2D eigenvalue weighted by atomic mass is 9.95. The fourth-order valence-electron chi connectivity index (χ4n) is 4.13. The summed E-state index contributed by atoms with van der Waals surface area (Å²) in [5, 5.41) is 3.18. The standard InChI is InChI=1S/C27H35BrN2O3/c1-20-10-16-25(17-11-20)33-18-6-9-26(31)30(19-22-12-14-23(28)15-13-22)21(2)27(32)29-24-7-4-3-5-8-24/h10-17,21,24H,3-9,18-19H2,1-2H3,(H,29,32)/t21-/m0/s1. The van der Waals surface area contributed by atoms with E-state index in [1.807, 2.05) is 62.4 Å². The minimum atomic E-state index is -0.527. The highest BCUT2D eigenvalue weighted by Gasteiger charge is 2.27. The Morgan fingerprint density at radius 2 is 1.73 bits per heavy atom. The normalized spacial score (nSPS) is 15.0. The number of aryl methyl sites for hydroxylation is 1. The van der Waals surface area contributed by atoms with Crippen molar-refractivity contribution in [3.8, 4) is 5.75 Å². The molecule has 1 aliphatic rings. The Morgan fingerprint density at radius 3 is 2.39 bits per heavy atom. The molecule has 2 aromatic carbocycles. The monoisotopic (exact) mass is 514 g/mol. The zero-order valence-electron chi connectivity index (χ0n) is 19.7. The minimum absolute atomic E-state index is 0.0308. The van der Waals surface area contributed by atoms with Crippen molar-refractivity contribution in [2.45, 2.75) is 77.4 Å². The summed E-state index contributed by atoms with van der Waals surface area (Å²) < 4.78 is 6.76. The van der Waals surface area contributed by atoms with Gasteiger partial charge in [0.25, 0.3) is 0 Å². The number of halogens is 1. The van der Waals surface area contributed by atoms with Gasteiger partial charge in [0.05, 0.1) is 6.61 Å². The molecule has 0 aromatic heterocycles. The van der Waals surface area contributed by atoms with Crippen molar-refractivity contribution in [2.75, 3.05) is 6.61 Å². The highest BCUT2D eigenvalue weighted by molar-refractivity contribution is 9.10. The third-order valence-electron chi connectivity index (χ3n) is 6.21. The van der Waals surface area contributed by atoms with E-state index >= 15 is 0 Å². The number of carbonyl (C=O) groups excluding carboxylic acids is 2. The van der Waals surface area contributed by atoms with E-state index in [-0.39, 0.29) is 17.9 Å². The number of benzene rings is 2. The fourth-order valence-corrected chi connectivity index (χ4v) is 4.39. The van der Waals surface area contributed by atoms with Crippen molar-refractivity contribution in [2.24, 2.45) is 0 Å². The maximum Gasteiger partial charge on any atom is 0.242 e. The first-order valence-electron chi connectivity index (χ1n) is 12.0. The Morgan fingerprint density at radius 1 is 1.06 bits per heavy atom. The van der Waals surface area contributed by atoms with Gasteiger partial charge in [-0.05, 0) is 62.9 Å². The van der Waals surface area contributed by atoms with Gasteiger partial charge in [-0.15, -0.1) is 0 Å². The number of hydrogen-bond donors (Lipinski definition) is 1. The molecule has 2 aromatic rings. The lowest BCUT2D eigenvalue weighted by molar-refractivity contribution is -0.141. The summed E-state index contributed by atoms with van der Waals surface area (Å²) in [6.45, 7) is 4.74. The molecule has 1 fully saturated rings. The average molecular weight is 515 g/mol. The summed E-state index contributed by atoms with van der Waals surface area (Å²) in [5.41, 5.74) is 2.18. The molecule has 0 radical (unpaired) electrons. The van der Waals surface area contributed by atoms with E-state index in [1.165, 1.54) is 12.0 Å². The van der Waals surface area contributed by atoms with E-state index in [9.17, 15) is 9.59 Å². The van der Waals surface area contributed by atoms with Crippen molar-refractivity contribution in [1.29, 1.82) is 0 Å². The van der Waals surface area contributed by atoms with Gasteiger partial charge < -0.3 is 15.0 Å². The second kappa shape index (κ2) is 12.8. The second-order valence-electron chi connectivity index (χ2n) is 8.93. The molecule has 0 bridgehead atoms. The first kappa shape index (κ1) is 25.3. The molecule has 2 amide bonds. The lowest BCUT2D eigenvalue weighted by Crippen LogP contribution is -2.50. The summed E-state index contributed by atoms with van der Waals surface area (Å²) in [5.74, 6) is 0.708. The van der Waals surface area contributed by atoms with Gasteiger partial charge in [-0.25, -0.2) is 0 Å². The molecule has 0 aliphatic heterocycles. The van der Waals surface area contributed by atoms with Crippen LogP contribution in [-0.2, 0) is 16.1 Å². The van der Waals surface area contributed by atoms with Crippen LogP contribution >= 0.6 is 15.9 Å². The molecule has 0 spiro atoms. The van der Waals surface area contributed by atoms with Crippen LogP contribution in [-0.4, -0.2) is 35.4 Å². The summed E-state index contributed by atoms with van der Waals surface area (Å²) in [6.07, 6.45) is 6.53. The van der Waals surface area contributed by atoms with Crippen molar-refractivity contribution < 1.29 is 14.3 Å². The van der Waals surface area contributed by atoms with Gasteiger partial charge in [-0.1, -0.05) is 65.0 Å². The van der Waals surface area contributed by atoms with Crippen LogP contribution in [0.15, 0.2) is 53.0 Å². The zero-order chi connectivity index (χ0) is 23.6. The molecular weight excluding hydrogens is 480 g/mol. The van der Waals surface area contributed by atoms with Gasteiger partial charge in [0.15, 0.2) is 0 Å². The number of ether oxygens (including phenoxy) is 1. The van der Waals surface area contributed by atoms with Gasteiger partial charge in [0.1, 0.15) is 11.8 Å². The van der Waals surface area contributed by atoms with Gasteiger partial charge in [0.2, 0.25) is 11.8 Å². The fraction of sp³-hybridized carbons (Fsp3) is 0.481. The summed E-state index contributed by atoms with van der Waals surface area (Å²) in [7, 11) is 0. The predicted molar refractivity (Wildman–Crippen MR) is 135 cm³/mol. The van der Waals surface area contributed by atoms with E-state index in [4.69, 9.17) is 4.74 Å². The SMILES string of the molecule is Cc1ccc(OCCCC(=O)N(Cc2ccc(Br)cc2)[C@@H](C)C(=O)NC2CCCCC2)cc1. The van der Waals surface area contributed by atoms with Crippen LogP contribution in [0, 0.1) is 6.92 Å². The van der Waals surface area contributed by atoms with Crippen molar-refractivity contribution in [3.63, 3.8) is 0 Å². The largest absolute Gasteiger partial charge is 0.494 e. The molecule has 0 saturated heterocycles. The minimum Gasteiger partial charge on any atom is -0.494 e. The van der Waals surface area contributed by atoms with E-state index in [2.05, 4.69) is 21.2 Å². The molecule has 1 N–H and O–H groups in total. The molecule has 33 heavy (non-hydrogen) atoms. The Bertz CT molecular complexity index is 893. The number of amides is 2. The van der Waals surface area contributed by atoms with Gasteiger partial charge in [0, 0.05) is 23.5 Å². The lowest BCUT2D eigenvalue weighted by Gasteiger charge is -2.31. The third kappa shape index (κ3) is 8.18. The molecule has 0 unspecified atom stereocenters. The first-order chi connectivity index (χ1) is 15.9. The smallest absolute Gasteiger partial charge is 0.242 e. The molecule has 5 nitrogen and oxygen atoms in total. The van der Waals surface area contributed by atoms with Gasteiger partial charge >= 0.3 is 0 Å².